The fourth-order valence-corrected chi connectivity index (χ4v) is 2.49. The Balaban J connectivity index is 1.92. The second kappa shape index (κ2) is 3.62. The minimum Gasteiger partial charge on any atom is -0.444 e. The lowest BCUT2D eigenvalue weighted by atomic mass is 9.94. The molecule has 2 rings (SSSR count). The molecule has 2 N–H and O–H groups in total. The molecule has 0 aromatic heterocycles. The van der Waals surface area contributed by atoms with Crippen LogP contribution in [0.5, 0.6) is 0 Å². The monoisotopic (exact) mass is 226 g/mol. The van der Waals surface area contributed by atoms with Crippen LogP contribution in [-0.2, 0) is 4.74 Å². The van der Waals surface area contributed by atoms with Crippen LogP contribution in [0, 0.1) is 5.41 Å². The maximum Gasteiger partial charge on any atom is 0.410 e. The highest BCUT2D eigenvalue weighted by Gasteiger charge is 2.54. The van der Waals surface area contributed by atoms with Crippen molar-refractivity contribution in [2.24, 2.45) is 11.1 Å². The van der Waals surface area contributed by atoms with Crippen molar-refractivity contribution >= 4 is 6.09 Å². The van der Waals surface area contributed by atoms with Crippen LogP contribution in [0.4, 0.5) is 4.79 Å². The fraction of sp³-hybridized carbons (Fsp3) is 0.917. The van der Waals surface area contributed by atoms with Gasteiger partial charge in [-0.2, -0.15) is 0 Å². The predicted molar refractivity (Wildman–Crippen MR) is 62.1 cm³/mol. The lowest BCUT2D eigenvalue weighted by molar-refractivity contribution is 0.0145. The number of carbonyl (C=O) groups excluding carboxylic acids is 1. The summed E-state index contributed by atoms with van der Waals surface area (Å²) in [5.41, 5.74) is 5.75. The van der Waals surface area contributed by atoms with Crippen molar-refractivity contribution in [2.45, 2.75) is 51.7 Å². The first kappa shape index (κ1) is 11.7. The minimum absolute atomic E-state index is 0.189. The molecule has 4 nitrogen and oxygen atoms in total. The Morgan fingerprint density at radius 1 is 1.50 bits per heavy atom. The molecule has 1 amide bonds. The second-order valence-electron chi connectivity index (χ2n) is 6.18. The number of carbonyl (C=O) groups is 1. The van der Waals surface area contributed by atoms with Crippen molar-refractivity contribution < 1.29 is 9.53 Å². The SMILES string of the molecule is CC(C)(C)OC(=O)N1CCCC2(CC2N)C1. The van der Waals surface area contributed by atoms with Gasteiger partial charge in [0.1, 0.15) is 5.60 Å². The summed E-state index contributed by atoms with van der Waals surface area (Å²) in [7, 11) is 0. The summed E-state index contributed by atoms with van der Waals surface area (Å²) in [5.74, 6) is 0. The van der Waals surface area contributed by atoms with E-state index in [4.69, 9.17) is 10.5 Å². The smallest absolute Gasteiger partial charge is 0.410 e. The summed E-state index contributed by atoms with van der Waals surface area (Å²) in [6.45, 7) is 7.28. The summed E-state index contributed by atoms with van der Waals surface area (Å²) in [5, 5.41) is 0. The average molecular weight is 226 g/mol. The molecule has 92 valence electrons. The molecule has 1 saturated heterocycles. The van der Waals surface area contributed by atoms with Crippen LogP contribution in [0.15, 0.2) is 0 Å². The van der Waals surface area contributed by atoms with Crippen molar-refractivity contribution in [3.63, 3.8) is 0 Å². The van der Waals surface area contributed by atoms with Gasteiger partial charge in [0.15, 0.2) is 0 Å². The van der Waals surface area contributed by atoms with Crippen LogP contribution in [0.1, 0.15) is 40.0 Å². The Bertz CT molecular complexity index is 298. The molecule has 1 aliphatic heterocycles. The number of ether oxygens (including phenoxy) is 1. The lowest BCUT2D eigenvalue weighted by Gasteiger charge is -2.34. The summed E-state index contributed by atoms with van der Waals surface area (Å²) in [6.07, 6.45) is 3.08. The molecule has 1 saturated carbocycles. The fourth-order valence-electron chi connectivity index (χ4n) is 2.49. The Hall–Kier alpha value is -0.770. The van der Waals surface area contributed by atoms with E-state index < -0.39 is 5.60 Å². The van der Waals surface area contributed by atoms with Crippen molar-refractivity contribution in [1.29, 1.82) is 0 Å². The first-order valence-corrected chi connectivity index (χ1v) is 6.06. The molecule has 2 unspecified atom stereocenters. The molecule has 4 heteroatoms. The van der Waals surface area contributed by atoms with Gasteiger partial charge in [0.2, 0.25) is 0 Å². The third kappa shape index (κ3) is 2.32. The molecular formula is C12H22N2O2. The summed E-state index contributed by atoms with van der Waals surface area (Å²) in [4.78, 5) is 13.7. The Kier molecular flexibility index (Phi) is 2.65. The molecule has 2 aliphatic rings. The maximum atomic E-state index is 11.9. The average Bonchev–Trinajstić information content (AvgIpc) is 2.73. The highest BCUT2D eigenvalue weighted by atomic mass is 16.6. The standard InChI is InChI=1S/C12H22N2O2/c1-11(2,3)16-10(15)14-6-4-5-12(8-14)7-9(12)13/h9H,4-8,13H2,1-3H3. The Morgan fingerprint density at radius 3 is 2.62 bits per heavy atom. The predicted octanol–water partition coefficient (Wildman–Crippen LogP) is 1.73. The van der Waals surface area contributed by atoms with Gasteiger partial charge >= 0.3 is 6.09 Å². The van der Waals surface area contributed by atoms with Gasteiger partial charge in [-0.3, -0.25) is 0 Å². The second-order valence-corrected chi connectivity index (χ2v) is 6.18. The topological polar surface area (TPSA) is 55.6 Å². The van der Waals surface area contributed by atoms with E-state index in [0.717, 1.165) is 32.4 Å². The van der Waals surface area contributed by atoms with Crippen molar-refractivity contribution in [1.82, 2.24) is 4.90 Å². The van der Waals surface area contributed by atoms with Gasteiger partial charge in [-0.1, -0.05) is 0 Å². The van der Waals surface area contributed by atoms with Crippen LogP contribution in [0.25, 0.3) is 0 Å². The van der Waals surface area contributed by atoms with Gasteiger partial charge in [0.25, 0.3) is 0 Å². The molecule has 2 fully saturated rings. The van der Waals surface area contributed by atoms with E-state index in [0.29, 0.717) is 0 Å². The molecule has 1 aliphatic carbocycles. The van der Waals surface area contributed by atoms with Gasteiger partial charge in [0.05, 0.1) is 0 Å². The third-order valence-corrected chi connectivity index (χ3v) is 3.51. The molecule has 16 heavy (non-hydrogen) atoms. The van der Waals surface area contributed by atoms with Gasteiger partial charge in [0, 0.05) is 24.5 Å². The summed E-state index contributed by atoms with van der Waals surface area (Å²) >= 11 is 0. The van der Waals surface area contributed by atoms with Crippen LogP contribution in [0.2, 0.25) is 0 Å². The van der Waals surface area contributed by atoms with Crippen LogP contribution in [0.3, 0.4) is 0 Å². The first-order chi connectivity index (χ1) is 7.32. The molecule has 0 bridgehead atoms. The number of hydrogen-bond acceptors (Lipinski definition) is 3. The van der Waals surface area contributed by atoms with Gasteiger partial charge in [-0.15, -0.1) is 0 Å². The van der Waals surface area contributed by atoms with Gasteiger partial charge in [-0.25, -0.2) is 4.79 Å². The Labute approximate surface area is 97.1 Å². The number of rotatable bonds is 0. The van der Waals surface area contributed by atoms with Crippen LogP contribution in [-0.4, -0.2) is 35.7 Å². The number of likely N-dealkylation sites (tertiary alicyclic amines) is 1. The largest absolute Gasteiger partial charge is 0.444 e. The zero-order valence-corrected chi connectivity index (χ0v) is 10.5. The van der Waals surface area contributed by atoms with Gasteiger partial charge < -0.3 is 15.4 Å². The number of nitrogens with two attached hydrogens (primary N) is 1. The summed E-state index contributed by atoms with van der Waals surface area (Å²) < 4.78 is 5.38. The highest BCUT2D eigenvalue weighted by molar-refractivity contribution is 5.68. The van der Waals surface area contributed by atoms with E-state index in [9.17, 15) is 4.79 Å². The van der Waals surface area contributed by atoms with E-state index in [2.05, 4.69) is 0 Å². The zero-order chi connectivity index (χ0) is 12.0. The van der Waals surface area contributed by atoms with Crippen LogP contribution < -0.4 is 5.73 Å². The van der Waals surface area contributed by atoms with E-state index >= 15 is 0 Å². The molecule has 0 aromatic carbocycles. The van der Waals surface area contributed by atoms with Crippen molar-refractivity contribution in [3.05, 3.63) is 0 Å². The minimum atomic E-state index is -0.409. The first-order valence-electron chi connectivity index (χ1n) is 6.06. The number of hydrogen-bond donors (Lipinski definition) is 1. The quantitative estimate of drug-likeness (QED) is 0.684. The summed E-state index contributed by atoms with van der Waals surface area (Å²) in [6, 6.07) is 0.290. The highest BCUT2D eigenvalue weighted by Crippen LogP contribution is 2.50. The van der Waals surface area contributed by atoms with E-state index in [1.165, 1.54) is 0 Å². The lowest BCUT2D eigenvalue weighted by Crippen LogP contribution is -2.45. The van der Waals surface area contributed by atoms with Crippen molar-refractivity contribution in [3.8, 4) is 0 Å². The number of piperidine rings is 1. The van der Waals surface area contributed by atoms with Gasteiger partial charge in [-0.05, 0) is 40.0 Å². The van der Waals surface area contributed by atoms with Crippen molar-refractivity contribution in [2.75, 3.05) is 13.1 Å². The molecule has 1 heterocycles. The normalized spacial score (nSPS) is 34.0. The molecule has 0 aromatic rings. The zero-order valence-electron chi connectivity index (χ0n) is 10.5. The molecular weight excluding hydrogens is 204 g/mol. The van der Waals surface area contributed by atoms with E-state index in [1.807, 2.05) is 25.7 Å². The van der Waals surface area contributed by atoms with Crippen LogP contribution >= 0.6 is 0 Å². The van der Waals surface area contributed by atoms with E-state index in [-0.39, 0.29) is 17.6 Å². The number of nitrogens with zero attached hydrogens (tertiary/aromatic N) is 1. The Morgan fingerprint density at radius 2 is 2.12 bits per heavy atom. The maximum absolute atomic E-state index is 11.9. The number of amides is 1. The molecule has 2 atom stereocenters. The molecule has 1 spiro atoms. The third-order valence-electron chi connectivity index (χ3n) is 3.51. The molecule has 0 radical (unpaired) electrons. The van der Waals surface area contributed by atoms with E-state index in [1.54, 1.807) is 0 Å².